The van der Waals surface area contributed by atoms with E-state index in [1.54, 1.807) is 6.92 Å². The van der Waals surface area contributed by atoms with Crippen LogP contribution in [0, 0.1) is 6.92 Å². The van der Waals surface area contributed by atoms with Gasteiger partial charge in [-0.25, -0.2) is 0 Å². The summed E-state index contributed by atoms with van der Waals surface area (Å²) in [5.41, 5.74) is 0. The Labute approximate surface area is 142 Å². The third-order valence-corrected chi connectivity index (χ3v) is 5.60. The highest BCUT2D eigenvalue weighted by atomic mass is 16.5. The third-order valence-electron chi connectivity index (χ3n) is 5.60. The van der Waals surface area contributed by atoms with Crippen LogP contribution in [-0.4, -0.2) is 64.2 Å². The minimum atomic E-state index is 0.106. The Bertz CT molecular complexity index is 588. The minimum absolute atomic E-state index is 0.106. The Hall–Kier alpha value is -1.47. The number of likely N-dealkylation sites (tertiary alicyclic amines) is 1. The van der Waals surface area contributed by atoms with Crippen LogP contribution >= 0.6 is 0 Å². The predicted octanol–water partition coefficient (Wildman–Crippen LogP) is 1.68. The molecular formula is C17H26N4O3. The van der Waals surface area contributed by atoms with Crippen LogP contribution in [0.15, 0.2) is 4.52 Å². The quantitative estimate of drug-likeness (QED) is 0.837. The van der Waals surface area contributed by atoms with Crippen LogP contribution in [-0.2, 0) is 9.53 Å². The van der Waals surface area contributed by atoms with Crippen molar-refractivity contribution in [2.75, 3.05) is 26.2 Å². The lowest BCUT2D eigenvalue weighted by molar-refractivity contribution is -0.150. The highest BCUT2D eigenvalue weighted by Crippen LogP contribution is 2.32. The lowest BCUT2D eigenvalue weighted by Crippen LogP contribution is -2.56. The standard InChI is InChI=1S/C17H26N4O3/c1-12-18-17(19-24-12)14-6-4-8-20(14)11-16(22)21-9-10-23-15-7-3-2-5-13(15)21/h13-15H,2-11H2,1H3/t13-,14+,15-/m1/s1. The van der Waals surface area contributed by atoms with Gasteiger partial charge in [0.1, 0.15) is 0 Å². The number of amides is 1. The zero-order valence-corrected chi connectivity index (χ0v) is 14.3. The van der Waals surface area contributed by atoms with Gasteiger partial charge in [-0.05, 0) is 32.2 Å². The maximum atomic E-state index is 13.0. The number of nitrogens with zero attached hydrogens (tertiary/aromatic N) is 4. The number of aromatic nitrogens is 2. The minimum Gasteiger partial charge on any atom is -0.374 e. The molecular weight excluding hydrogens is 308 g/mol. The molecule has 0 unspecified atom stereocenters. The Morgan fingerprint density at radius 1 is 1.21 bits per heavy atom. The van der Waals surface area contributed by atoms with E-state index in [9.17, 15) is 4.79 Å². The summed E-state index contributed by atoms with van der Waals surface area (Å²) in [5, 5.41) is 4.06. The highest BCUT2D eigenvalue weighted by molar-refractivity contribution is 5.79. The lowest BCUT2D eigenvalue weighted by Gasteiger charge is -2.44. The number of morpholine rings is 1. The van der Waals surface area contributed by atoms with E-state index in [2.05, 4.69) is 19.9 Å². The van der Waals surface area contributed by atoms with Crippen LogP contribution in [0.5, 0.6) is 0 Å². The number of ether oxygens (including phenoxy) is 1. The van der Waals surface area contributed by atoms with Gasteiger partial charge in [-0.2, -0.15) is 4.98 Å². The number of aryl methyl sites for hydroxylation is 1. The smallest absolute Gasteiger partial charge is 0.237 e. The number of fused-ring (bicyclic) bond motifs is 1. The Morgan fingerprint density at radius 3 is 2.92 bits per heavy atom. The van der Waals surface area contributed by atoms with Gasteiger partial charge < -0.3 is 14.2 Å². The van der Waals surface area contributed by atoms with E-state index in [1.165, 1.54) is 12.8 Å². The Kier molecular flexibility index (Phi) is 4.54. The van der Waals surface area contributed by atoms with Crippen LogP contribution in [0.3, 0.4) is 0 Å². The van der Waals surface area contributed by atoms with Gasteiger partial charge in [0.05, 0.1) is 31.3 Å². The fourth-order valence-corrected chi connectivity index (χ4v) is 4.43. The molecule has 7 nitrogen and oxygen atoms in total. The average molecular weight is 334 g/mol. The van der Waals surface area contributed by atoms with Crippen LogP contribution in [0.1, 0.15) is 56.3 Å². The summed E-state index contributed by atoms with van der Waals surface area (Å²) in [6, 6.07) is 0.378. The van der Waals surface area contributed by atoms with Crippen molar-refractivity contribution in [1.82, 2.24) is 19.9 Å². The molecule has 2 saturated heterocycles. The van der Waals surface area contributed by atoms with Gasteiger partial charge in [-0.3, -0.25) is 9.69 Å². The normalized spacial score (nSPS) is 31.2. The number of rotatable bonds is 3. The van der Waals surface area contributed by atoms with Gasteiger partial charge >= 0.3 is 0 Å². The van der Waals surface area contributed by atoms with Crippen molar-refractivity contribution in [3.63, 3.8) is 0 Å². The van der Waals surface area contributed by atoms with Gasteiger partial charge in [0, 0.05) is 13.5 Å². The largest absolute Gasteiger partial charge is 0.374 e. The molecule has 2 aliphatic heterocycles. The van der Waals surface area contributed by atoms with Crippen molar-refractivity contribution in [2.24, 2.45) is 0 Å². The summed E-state index contributed by atoms with van der Waals surface area (Å²) in [6.45, 7) is 4.56. The number of hydrogen-bond acceptors (Lipinski definition) is 6. The topological polar surface area (TPSA) is 71.7 Å². The van der Waals surface area contributed by atoms with Crippen molar-refractivity contribution in [2.45, 2.75) is 63.6 Å². The van der Waals surface area contributed by atoms with Crippen molar-refractivity contribution < 1.29 is 14.1 Å². The molecule has 0 N–H and O–H groups in total. The number of carbonyl (C=O) groups is 1. The van der Waals surface area contributed by atoms with Crippen LogP contribution in [0.25, 0.3) is 0 Å². The molecule has 1 amide bonds. The fraction of sp³-hybridized carbons (Fsp3) is 0.824. The van der Waals surface area contributed by atoms with Crippen molar-refractivity contribution in [3.8, 4) is 0 Å². The lowest BCUT2D eigenvalue weighted by atomic mass is 9.90. The van der Waals surface area contributed by atoms with Crippen molar-refractivity contribution in [3.05, 3.63) is 11.7 Å². The Morgan fingerprint density at radius 2 is 2.08 bits per heavy atom. The van der Waals surface area contributed by atoms with Crippen molar-refractivity contribution in [1.29, 1.82) is 0 Å². The van der Waals surface area contributed by atoms with Crippen LogP contribution in [0.4, 0.5) is 0 Å². The molecule has 1 aliphatic carbocycles. The van der Waals surface area contributed by atoms with Gasteiger partial charge in [0.2, 0.25) is 11.8 Å². The van der Waals surface area contributed by atoms with E-state index in [4.69, 9.17) is 9.26 Å². The summed E-state index contributed by atoms with van der Waals surface area (Å²) >= 11 is 0. The van der Waals surface area contributed by atoms with E-state index in [0.29, 0.717) is 19.0 Å². The van der Waals surface area contributed by atoms with Crippen LogP contribution < -0.4 is 0 Å². The molecule has 3 heterocycles. The molecule has 3 aliphatic rings. The second-order valence-electron chi connectivity index (χ2n) is 7.15. The van der Waals surface area contributed by atoms with Gasteiger partial charge in [0.25, 0.3) is 0 Å². The first kappa shape index (κ1) is 16.0. The highest BCUT2D eigenvalue weighted by Gasteiger charge is 2.38. The predicted molar refractivity (Wildman–Crippen MR) is 86.3 cm³/mol. The maximum absolute atomic E-state index is 13.0. The summed E-state index contributed by atoms with van der Waals surface area (Å²) in [6.07, 6.45) is 6.87. The number of hydrogen-bond donors (Lipinski definition) is 0. The van der Waals surface area contributed by atoms with E-state index < -0.39 is 0 Å². The van der Waals surface area contributed by atoms with E-state index in [1.807, 2.05) is 0 Å². The first-order chi connectivity index (χ1) is 11.7. The van der Waals surface area contributed by atoms with Gasteiger partial charge in [-0.15, -0.1) is 0 Å². The molecule has 0 radical (unpaired) electrons. The summed E-state index contributed by atoms with van der Waals surface area (Å²) in [7, 11) is 0. The summed E-state index contributed by atoms with van der Waals surface area (Å²) < 4.78 is 11.0. The molecule has 3 atom stereocenters. The van der Waals surface area contributed by atoms with Crippen LogP contribution in [0.2, 0.25) is 0 Å². The molecule has 1 aromatic heterocycles. The van der Waals surface area contributed by atoms with Gasteiger partial charge in [-0.1, -0.05) is 18.0 Å². The zero-order chi connectivity index (χ0) is 16.5. The van der Waals surface area contributed by atoms with E-state index in [0.717, 1.165) is 44.6 Å². The molecule has 0 aromatic carbocycles. The average Bonchev–Trinajstić information content (AvgIpc) is 3.23. The molecule has 3 fully saturated rings. The molecule has 7 heteroatoms. The zero-order valence-electron chi connectivity index (χ0n) is 14.3. The molecule has 132 valence electrons. The molecule has 4 rings (SSSR count). The summed E-state index contributed by atoms with van der Waals surface area (Å²) in [4.78, 5) is 21.6. The molecule has 24 heavy (non-hydrogen) atoms. The molecule has 0 bridgehead atoms. The second-order valence-corrected chi connectivity index (χ2v) is 7.15. The maximum Gasteiger partial charge on any atom is 0.237 e. The van der Waals surface area contributed by atoms with E-state index in [-0.39, 0.29) is 24.1 Å². The molecule has 1 saturated carbocycles. The molecule has 0 spiro atoms. The van der Waals surface area contributed by atoms with E-state index >= 15 is 0 Å². The Balaban J connectivity index is 1.43. The van der Waals surface area contributed by atoms with Gasteiger partial charge in [0.15, 0.2) is 5.82 Å². The SMILES string of the molecule is Cc1nc([C@@H]2CCCN2CC(=O)N2CCO[C@@H]3CCCC[C@H]32)no1. The molecule has 1 aromatic rings. The first-order valence-corrected chi connectivity index (χ1v) is 9.18. The first-order valence-electron chi connectivity index (χ1n) is 9.18. The number of carbonyl (C=O) groups excluding carboxylic acids is 1. The fourth-order valence-electron chi connectivity index (χ4n) is 4.43. The monoisotopic (exact) mass is 334 g/mol. The summed E-state index contributed by atoms with van der Waals surface area (Å²) in [5.74, 6) is 1.53. The second kappa shape index (κ2) is 6.80. The van der Waals surface area contributed by atoms with Crippen molar-refractivity contribution >= 4 is 5.91 Å². The third kappa shape index (κ3) is 3.07.